The number of hydrogen-bond acceptors (Lipinski definition) is 5. The molecule has 1 aromatic heterocycles. The lowest BCUT2D eigenvalue weighted by atomic mass is 10.0. The summed E-state index contributed by atoms with van der Waals surface area (Å²) in [5.74, 6) is 2.22. The molecule has 1 aromatic rings. The van der Waals surface area contributed by atoms with Crippen molar-refractivity contribution in [3.63, 3.8) is 0 Å². The molecule has 106 valence electrons. The molecule has 0 saturated carbocycles. The first-order chi connectivity index (χ1) is 9.04. The van der Waals surface area contributed by atoms with Crippen molar-refractivity contribution in [3.8, 4) is 0 Å². The second-order valence-electron chi connectivity index (χ2n) is 5.50. The van der Waals surface area contributed by atoms with Gasteiger partial charge in [-0.1, -0.05) is 6.92 Å². The predicted octanol–water partition coefficient (Wildman–Crippen LogP) is 2.30. The van der Waals surface area contributed by atoms with E-state index in [4.69, 9.17) is 10.5 Å². The zero-order chi connectivity index (χ0) is 13.9. The van der Waals surface area contributed by atoms with E-state index >= 15 is 0 Å². The van der Waals surface area contributed by atoms with E-state index in [9.17, 15) is 0 Å². The Labute approximate surface area is 115 Å². The minimum Gasteiger partial charge on any atom is -0.383 e. The third-order valence-electron chi connectivity index (χ3n) is 3.63. The Morgan fingerprint density at radius 2 is 2.21 bits per heavy atom. The summed E-state index contributed by atoms with van der Waals surface area (Å²) in [7, 11) is 0. The van der Waals surface area contributed by atoms with Crippen molar-refractivity contribution in [1.29, 1.82) is 0 Å². The molecule has 0 bridgehead atoms. The van der Waals surface area contributed by atoms with Gasteiger partial charge >= 0.3 is 0 Å². The highest BCUT2D eigenvalue weighted by Crippen LogP contribution is 2.26. The van der Waals surface area contributed by atoms with Gasteiger partial charge in [0.25, 0.3) is 0 Å². The second-order valence-corrected chi connectivity index (χ2v) is 5.50. The number of aromatic nitrogens is 2. The topological polar surface area (TPSA) is 73.1 Å². The van der Waals surface area contributed by atoms with Crippen LogP contribution in [0.15, 0.2) is 0 Å². The normalized spacial score (nSPS) is 22.7. The van der Waals surface area contributed by atoms with Gasteiger partial charge in [0.15, 0.2) is 0 Å². The molecule has 0 aliphatic carbocycles. The smallest absolute Gasteiger partial charge is 0.134 e. The number of rotatable bonds is 5. The molecule has 0 aromatic carbocycles. The molecule has 2 heterocycles. The van der Waals surface area contributed by atoms with Crippen molar-refractivity contribution in [2.24, 2.45) is 0 Å². The Balaban J connectivity index is 2.10. The number of aryl methyl sites for hydroxylation is 1. The van der Waals surface area contributed by atoms with Crippen LogP contribution in [0, 0.1) is 6.92 Å². The zero-order valence-corrected chi connectivity index (χ0v) is 12.1. The van der Waals surface area contributed by atoms with Gasteiger partial charge in [-0.25, -0.2) is 9.97 Å². The van der Waals surface area contributed by atoms with Gasteiger partial charge in [0.1, 0.15) is 17.5 Å². The first kappa shape index (κ1) is 14.1. The molecule has 1 saturated heterocycles. The van der Waals surface area contributed by atoms with E-state index in [0.717, 1.165) is 56.0 Å². The van der Waals surface area contributed by atoms with Crippen LogP contribution in [0.2, 0.25) is 0 Å². The van der Waals surface area contributed by atoms with Crippen molar-refractivity contribution in [2.75, 3.05) is 24.2 Å². The molecule has 0 radical (unpaired) electrons. The quantitative estimate of drug-likeness (QED) is 0.853. The molecule has 1 unspecified atom stereocenters. The first-order valence-corrected chi connectivity index (χ1v) is 7.05. The molecule has 1 fully saturated rings. The van der Waals surface area contributed by atoms with Crippen molar-refractivity contribution < 1.29 is 4.74 Å². The minimum atomic E-state index is -0.0862. The highest BCUT2D eigenvalue weighted by atomic mass is 16.5. The molecule has 3 N–H and O–H groups in total. The van der Waals surface area contributed by atoms with E-state index in [0.29, 0.717) is 5.82 Å². The Hall–Kier alpha value is -1.36. The van der Waals surface area contributed by atoms with Crippen molar-refractivity contribution >= 4 is 11.6 Å². The largest absolute Gasteiger partial charge is 0.383 e. The molecule has 1 aliphatic rings. The maximum Gasteiger partial charge on any atom is 0.134 e. The van der Waals surface area contributed by atoms with Crippen molar-refractivity contribution in [3.05, 3.63) is 11.4 Å². The van der Waals surface area contributed by atoms with Crippen LogP contribution < -0.4 is 11.1 Å². The summed E-state index contributed by atoms with van der Waals surface area (Å²) < 4.78 is 5.77. The summed E-state index contributed by atoms with van der Waals surface area (Å²) in [6.45, 7) is 7.81. The molecular formula is C14H24N4O. The molecule has 5 heteroatoms. The predicted molar refractivity (Wildman–Crippen MR) is 77.3 cm³/mol. The highest BCUT2D eigenvalue weighted by Gasteiger charge is 2.29. The third kappa shape index (κ3) is 3.35. The van der Waals surface area contributed by atoms with Gasteiger partial charge in [-0.2, -0.15) is 0 Å². The standard InChI is InChI=1S/C14H24N4O/c1-4-6-11-17-12(15)10(2)13(18-11)16-9-14(3)7-5-8-19-14/h4-9H2,1-3H3,(H3,15,16,17,18). The Kier molecular flexibility index (Phi) is 4.24. The van der Waals surface area contributed by atoms with E-state index in [-0.39, 0.29) is 5.60 Å². The zero-order valence-electron chi connectivity index (χ0n) is 12.1. The van der Waals surface area contributed by atoms with Crippen LogP contribution in [-0.4, -0.2) is 28.7 Å². The van der Waals surface area contributed by atoms with E-state index in [1.165, 1.54) is 0 Å². The van der Waals surface area contributed by atoms with Crippen molar-refractivity contribution in [2.45, 2.75) is 52.1 Å². The van der Waals surface area contributed by atoms with Crippen LogP contribution in [0.1, 0.15) is 44.5 Å². The van der Waals surface area contributed by atoms with E-state index in [1.807, 2.05) is 6.92 Å². The summed E-state index contributed by atoms with van der Waals surface area (Å²) in [5, 5.41) is 3.38. The number of hydrogen-bond donors (Lipinski definition) is 2. The Bertz CT molecular complexity index is 441. The number of ether oxygens (including phenoxy) is 1. The van der Waals surface area contributed by atoms with E-state index in [2.05, 4.69) is 29.1 Å². The fourth-order valence-corrected chi connectivity index (χ4v) is 2.34. The first-order valence-electron chi connectivity index (χ1n) is 7.05. The minimum absolute atomic E-state index is 0.0862. The molecule has 19 heavy (non-hydrogen) atoms. The Morgan fingerprint density at radius 3 is 2.84 bits per heavy atom. The summed E-state index contributed by atoms with van der Waals surface area (Å²) in [5.41, 5.74) is 6.78. The van der Waals surface area contributed by atoms with Crippen LogP contribution in [0.25, 0.3) is 0 Å². The summed E-state index contributed by atoms with van der Waals surface area (Å²) in [6, 6.07) is 0. The maximum absolute atomic E-state index is 5.95. The number of nitrogens with two attached hydrogens (primary N) is 1. The van der Waals surface area contributed by atoms with Gasteiger partial charge in [-0.15, -0.1) is 0 Å². The fourth-order valence-electron chi connectivity index (χ4n) is 2.34. The second kappa shape index (κ2) is 5.74. The third-order valence-corrected chi connectivity index (χ3v) is 3.63. The number of anilines is 2. The lowest BCUT2D eigenvalue weighted by Gasteiger charge is -2.24. The lowest BCUT2D eigenvalue weighted by molar-refractivity contribution is 0.0314. The van der Waals surface area contributed by atoms with Gasteiger partial charge in [0.05, 0.1) is 5.60 Å². The number of nitrogen functional groups attached to an aromatic ring is 1. The monoisotopic (exact) mass is 264 g/mol. The molecule has 1 atom stereocenters. The summed E-state index contributed by atoms with van der Waals surface area (Å²) >= 11 is 0. The lowest BCUT2D eigenvalue weighted by Crippen LogP contribution is -2.33. The molecule has 0 spiro atoms. The van der Waals surface area contributed by atoms with E-state index in [1.54, 1.807) is 0 Å². The van der Waals surface area contributed by atoms with Crippen LogP contribution in [0.3, 0.4) is 0 Å². The average molecular weight is 264 g/mol. The van der Waals surface area contributed by atoms with Gasteiger partial charge < -0.3 is 15.8 Å². The van der Waals surface area contributed by atoms with Gasteiger partial charge in [-0.05, 0) is 33.1 Å². The SMILES string of the molecule is CCCc1nc(N)c(C)c(NCC2(C)CCCO2)n1. The van der Waals surface area contributed by atoms with Crippen LogP contribution in [0.5, 0.6) is 0 Å². The molecule has 0 amide bonds. The summed E-state index contributed by atoms with van der Waals surface area (Å²) in [4.78, 5) is 8.87. The molecule has 5 nitrogen and oxygen atoms in total. The van der Waals surface area contributed by atoms with Gasteiger partial charge in [0, 0.05) is 25.1 Å². The van der Waals surface area contributed by atoms with Gasteiger partial charge in [-0.3, -0.25) is 0 Å². The molecule has 2 rings (SSSR count). The molecular weight excluding hydrogens is 240 g/mol. The van der Waals surface area contributed by atoms with Crippen LogP contribution in [0.4, 0.5) is 11.6 Å². The number of nitrogens with zero attached hydrogens (tertiary/aromatic N) is 2. The maximum atomic E-state index is 5.95. The van der Waals surface area contributed by atoms with Crippen molar-refractivity contribution in [1.82, 2.24) is 9.97 Å². The van der Waals surface area contributed by atoms with Gasteiger partial charge in [0.2, 0.25) is 0 Å². The highest BCUT2D eigenvalue weighted by molar-refractivity contribution is 5.54. The average Bonchev–Trinajstić information content (AvgIpc) is 2.80. The Morgan fingerprint density at radius 1 is 1.42 bits per heavy atom. The van der Waals surface area contributed by atoms with Crippen LogP contribution >= 0.6 is 0 Å². The van der Waals surface area contributed by atoms with Crippen LogP contribution in [-0.2, 0) is 11.2 Å². The summed E-state index contributed by atoms with van der Waals surface area (Å²) in [6.07, 6.45) is 4.08. The number of nitrogens with one attached hydrogen (secondary N) is 1. The van der Waals surface area contributed by atoms with E-state index < -0.39 is 0 Å². The fraction of sp³-hybridized carbons (Fsp3) is 0.714. The molecule has 1 aliphatic heterocycles.